The van der Waals surface area contributed by atoms with E-state index in [1.807, 2.05) is 0 Å². The lowest BCUT2D eigenvalue weighted by molar-refractivity contribution is 0.143. The van der Waals surface area contributed by atoms with Gasteiger partial charge in [0.15, 0.2) is 11.6 Å². The number of ether oxygens (including phenoxy) is 1. The van der Waals surface area contributed by atoms with E-state index < -0.39 is 33.9 Å². The van der Waals surface area contributed by atoms with Gasteiger partial charge in [0.1, 0.15) is 11.8 Å². The number of rotatable bonds is 5. The quantitative estimate of drug-likeness (QED) is 0.680. The van der Waals surface area contributed by atoms with Crippen LogP contribution in [0.5, 0.6) is 0 Å². The van der Waals surface area contributed by atoms with E-state index >= 15 is 0 Å². The molecule has 1 aromatic carbocycles. The predicted molar refractivity (Wildman–Crippen MR) is 109 cm³/mol. The lowest BCUT2D eigenvalue weighted by atomic mass is 10.2. The monoisotopic (exact) mass is 448 g/mol. The van der Waals surface area contributed by atoms with Crippen molar-refractivity contribution in [3.05, 3.63) is 23.8 Å². The van der Waals surface area contributed by atoms with Crippen molar-refractivity contribution >= 4 is 44.7 Å². The van der Waals surface area contributed by atoms with Gasteiger partial charge in [-0.2, -0.15) is 4.31 Å². The minimum Gasteiger partial charge on any atom is -0.442 e. The van der Waals surface area contributed by atoms with Crippen LogP contribution in [-0.4, -0.2) is 75.4 Å². The maximum Gasteiger partial charge on any atom is 0.414 e. The van der Waals surface area contributed by atoms with Crippen LogP contribution in [0.4, 0.5) is 25.0 Å². The van der Waals surface area contributed by atoms with E-state index in [1.54, 1.807) is 6.92 Å². The van der Waals surface area contributed by atoms with Crippen molar-refractivity contribution in [3.63, 3.8) is 0 Å². The van der Waals surface area contributed by atoms with Crippen molar-refractivity contribution in [3.8, 4) is 0 Å². The number of sulfonamides is 1. The van der Waals surface area contributed by atoms with Crippen LogP contribution in [0, 0.1) is 11.6 Å². The fourth-order valence-corrected chi connectivity index (χ4v) is 4.26. The predicted octanol–water partition coefficient (Wildman–Crippen LogP) is 1.31. The Kier molecular flexibility index (Phi) is 6.24. The molecule has 0 spiro atoms. The summed E-state index contributed by atoms with van der Waals surface area (Å²) in [5.74, 6) is -1.64. The van der Waals surface area contributed by atoms with Gasteiger partial charge in [-0.05, 0) is 6.92 Å². The molecular formula is C17H22F2N4O4S2. The van der Waals surface area contributed by atoms with Crippen LogP contribution in [0.15, 0.2) is 12.1 Å². The number of thiocarbonyl (C=S) groups is 1. The molecule has 1 aromatic rings. The zero-order chi connectivity index (χ0) is 21.3. The van der Waals surface area contributed by atoms with Crippen molar-refractivity contribution in [2.75, 3.05) is 55.3 Å². The summed E-state index contributed by atoms with van der Waals surface area (Å²) in [4.78, 5) is 15.3. The summed E-state index contributed by atoms with van der Waals surface area (Å²) in [5.41, 5.74) is -0.172. The molecule has 0 aromatic heterocycles. The van der Waals surface area contributed by atoms with Crippen LogP contribution in [-0.2, 0) is 14.8 Å². The summed E-state index contributed by atoms with van der Waals surface area (Å²) in [5, 5.41) is 2.89. The molecule has 1 atom stereocenters. The van der Waals surface area contributed by atoms with Gasteiger partial charge in [-0.3, -0.25) is 4.90 Å². The molecule has 2 heterocycles. The molecule has 2 fully saturated rings. The van der Waals surface area contributed by atoms with Crippen molar-refractivity contribution in [2.24, 2.45) is 0 Å². The summed E-state index contributed by atoms with van der Waals surface area (Å²) in [6.45, 7) is 2.76. The number of amides is 1. The first-order valence-electron chi connectivity index (χ1n) is 8.98. The molecule has 0 aliphatic carbocycles. The summed E-state index contributed by atoms with van der Waals surface area (Å²) < 4.78 is 59.1. The number of anilines is 2. The fourth-order valence-electron chi connectivity index (χ4n) is 3.35. The Bertz CT molecular complexity index is 897. The third-order valence-electron chi connectivity index (χ3n) is 4.79. The second kappa shape index (κ2) is 8.36. The molecule has 160 valence electrons. The van der Waals surface area contributed by atoms with E-state index in [0.717, 1.165) is 18.4 Å². The number of hydrogen-bond acceptors (Lipinski definition) is 6. The number of benzene rings is 1. The molecule has 0 saturated carbocycles. The number of piperazine rings is 1. The lowest BCUT2D eigenvalue weighted by Crippen LogP contribution is -2.48. The Hall–Kier alpha value is -2.05. The molecule has 0 bridgehead atoms. The van der Waals surface area contributed by atoms with Crippen LogP contribution in [0.3, 0.4) is 0 Å². The molecule has 2 aliphatic heterocycles. The average Bonchev–Trinajstić information content (AvgIpc) is 3.00. The van der Waals surface area contributed by atoms with Gasteiger partial charge in [-0.15, -0.1) is 0 Å². The number of nitrogens with zero attached hydrogens (tertiary/aromatic N) is 3. The molecule has 0 unspecified atom stereocenters. The van der Waals surface area contributed by atoms with E-state index in [9.17, 15) is 22.0 Å². The van der Waals surface area contributed by atoms with E-state index in [0.29, 0.717) is 11.5 Å². The van der Waals surface area contributed by atoms with Crippen LogP contribution < -0.4 is 15.1 Å². The molecule has 8 nitrogen and oxygen atoms in total. The van der Waals surface area contributed by atoms with Gasteiger partial charge in [0, 0.05) is 38.3 Å². The molecule has 29 heavy (non-hydrogen) atoms. The normalized spacial score (nSPS) is 20.7. The highest BCUT2D eigenvalue weighted by Crippen LogP contribution is 2.31. The summed E-state index contributed by atoms with van der Waals surface area (Å²) in [6.07, 6.45) is -0.0766. The highest BCUT2D eigenvalue weighted by atomic mass is 32.2. The lowest BCUT2D eigenvalue weighted by Gasteiger charge is -2.35. The molecule has 0 radical (unpaired) electrons. The molecule has 3 rings (SSSR count). The topological polar surface area (TPSA) is 82.2 Å². The second-order valence-electron chi connectivity index (χ2n) is 6.96. The van der Waals surface area contributed by atoms with Crippen LogP contribution in [0.1, 0.15) is 6.92 Å². The molecule has 12 heteroatoms. The van der Waals surface area contributed by atoms with E-state index in [-0.39, 0.29) is 44.1 Å². The number of halogens is 2. The van der Waals surface area contributed by atoms with Crippen molar-refractivity contribution in [2.45, 2.75) is 13.0 Å². The van der Waals surface area contributed by atoms with E-state index in [2.05, 4.69) is 5.32 Å². The Morgan fingerprint density at radius 2 is 1.83 bits per heavy atom. The van der Waals surface area contributed by atoms with E-state index in [1.165, 1.54) is 14.1 Å². The number of nitrogens with one attached hydrogen (secondary N) is 1. The van der Waals surface area contributed by atoms with Gasteiger partial charge in [-0.1, -0.05) is 12.2 Å². The standard InChI is InChI=1S/C17H22F2N4O4S2/c1-11(28)20-9-13-10-23(17(24)27-13)12-7-14(18)16(15(19)8-12)21-3-5-22(6-4-21)29(2,25)26/h7-8,13H,3-6,9-10H2,1-2H3,(H,20,28)/t13-/m0/s1. The largest absolute Gasteiger partial charge is 0.442 e. The highest BCUT2D eigenvalue weighted by molar-refractivity contribution is 7.88. The minimum atomic E-state index is -3.34. The smallest absolute Gasteiger partial charge is 0.414 e. The van der Waals surface area contributed by atoms with Crippen LogP contribution >= 0.6 is 12.2 Å². The summed E-state index contributed by atoms with van der Waals surface area (Å²) in [6, 6.07) is 2.17. The molecular weight excluding hydrogens is 426 g/mol. The Labute approximate surface area is 173 Å². The summed E-state index contributed by atoms with van der Waals surface area (Å²) >= 11 is 4.92. The van der Waals surface area contributed by atoms with Crippen LogP contribution in [0.2, 0.25) is 0 Å². The number of carbonyl (C=O) groups is 1. The first-order chi connectivity index (χ1) is 13.6. The van der Waals surface area contributed by atoms with E-state index in [4.69, 9.17) is 17.0 Å². The van der Waals surface area contributed by atoms with Gasteiger partial charge >= 0.3 is 6.09 Å². The van der Waals surface area contributed by atoms with Crippen molar-refractivity contribution in [1.82, 2.24) is 9.62 Å². The number of hydrogen-bond donors (Lipinski definition) is 1. The number of cyclic esters (lactones) is 1. The minimum absolute atomic E-state index is 0.0603. The van der Waals surface area contributed by atoms with Gasteiger partial charge in [0.2, 0.25) is 10.0 Å². The average molecular weight is 449 g/mol. The SMILES string of the molecule is CC(=S)NC[C@H]1CN(c2cc(F)c(N3CCN(S(C)(=O)=O)CC3)c(F)c2)C(=O)O1. The Balaban J connectivity index is 1.73. The van der Waals surface area contributed by atoms with Crippen molar-refractivity contribution < 1.29 is 26.7 Å². The first kappa shape index (κ1) is 21.7. The summed E-state index contributed by atoms with van der Waals surface area (Å²) in [7, 11) is -3.34. The van der Waals surface area contributed by atoms with Crippen molar-refractivity contribution in [1.29, 1.82) is 0 Å². The van der Waals surface area contributed by atoms with Gasteiger partial charge in [-0.25, -0.2) is 22.0 Å². The Morgan fingerprint density at radius 3 is 2.34 bits per heavy atom. The first-order valence-corrected chi connectivity index (χ1v) is 11.2. The molecule has 1 amide bonds. The van der Waals surface area contributed by atoms with Gasteiger partial charge in [0.05, 0.1) is 30.0 Å². The number of carbonyl (C=O) groups excluding carboxylic acids is 1. The molecule has 2 aliphatic rings. The van der Waals surface area contributed by atoms with Gasteiger partial charge < -0.3 is 15.0 Å². The third kappa shape index (κ3) is 4.93. The molecule has 1 N–H and O–H groups in total. The Morgan fingerprint density at radius 1 is 1.24 bits per heavy atom. The molecule has 2 saturated heterocycles. The fraction of sp³-hybridized carbons (Fsp3) is 0.529. The highest BCUT2D eigenvalue weighted by Gasteiger charge is 2.34. The van der Waals surface area contributed by atoms with Gasteiger partial charge in [0.25, 0.3) is 0 Å². The van der Waals surface area contributed by atoms with Crippen LogP contribution in [0.25, 0.3) is 0 Å². The third-order valence-corrected chi connectivity index (χ3v) is 6.24. The zero-order valence-corrected chi connectivity index (χ0v) is 17.7. The zero-order valence-electron chi connectivity index (χ0n) is 16.0. The second-order valence-corrected chi connectivity index (χ2v) is 9.56. The maximum atomic E-state index is 14.7. The maximum absolute atomic E-state index is 14.7.